The fourth-order valence-electron chi connectivity index (χ4n) is 4.30. The molecule has 0 radical (unpaired) electrons. The Morgan fingerprint density at radius 1 is 0.794 bits per heavy atom. The summed E-state index contributed by atoms with van der Waals surface area (Å²) in [4.78, 5) is 15.2. The highest BCUT2D eigenvalue weighted by Gasteiger charge is 2.15. The summed E-state index contributed by atoms with van der Waals surface area (Å²) in [5.41, 5.74) is 4.73. The smallest absolute Gasteiger partial charge is 0.273 e. The van der Waals surface area contributed by atoms with E-state index in [-0.39, 0.29) is 5.91 Å². The molecule has 34 heavy (non-hydrogen) atoms. The minimum absolute atomic E-state index is 0.202. The van der Waals surface area contributed by atoms with Gasteiger partial charge in [-0.05, 0) is 43.2 Å². The zero-order valence-corrected chi connectivity index (χ0v) is 19.3. The van der Waals surface area contributed by atoms with Gasteiger partial charge >= 0.3 is 0 Å². The van der Waals surface area contributed by atoms with E-state index in [1.807, 2.05) is 60.7 Å². The number of benzene rings is 2. The van der Waals surface area contributed by atoms with Crippen LogP contribution in [0.3, 0.4) is 0 Å². The SMILES string of the molecule is Cn1nc(-c2ccccc2)cc1C(=O)Nc1ccc(-c2ccc(N3CCCCCC3)nn2)cc1. The lowest BCUT2D eigenvalue weighted by molar-refractivity contribution is 0.101. The Morgan fingerprint density at radius 2 is 1.50 bits per heavy atom. The highest BCUT2D eigenvalue weighted by Crippen LogP contribution is 2.23. The van der Waals surface area contributed by atoms with Crippen molar-refractivity contribution in [3.63, 3.8) is 0 Å². The first-order valence-corrected chi connectivity index (χ1v) is 11.8. The monoisotopic (exact) mass is 452 g/mol. The van der Waals surface area contributed by atoms with Crippen LogP contribution >= 0.6 is 0 Å². The van der Waals surface area contributed by atoms with Gasteiger partial charge in [0.1, 0.15) is 5.69 Å². The van der Waals surface area contributed by atoms with Crippen molar-refractivity contribution in [3.8, 4) is 22.5 Å². The van der Waals surface area contributed by atoms with Gasteiger partial charge in [-0.2, -0.15) is 5.10 Å². The van der Waals surface area contributed by atoms with E-state index in [1.165, 1.54) is 25.7 Å². The third-order valence-electron chi connectivity index (χ3n) is 6.20. The van der Waals surface area contributed by atoms with Crippen molar-refractivity contribution in [1.82, 2.24) is 20.0 Å². The van der Waals surface area contributed by atoms with Crippen LogP contribution in [0.2, 0.25) is 0 Å². The molecule has 1 amide bonds. The number of aryl methyl sites for hydroxylation is 1. The molecule has 0 saturated carbocycles. The van der Waals surface area contributed by atoms with Crippen LogP contribution in [-0.4, -0.2) is 39.0 Å². The number of aromatic nitrogens is 4. The van der Waals surface area contributed by atoms with Crippen molar-refractivity contribution in [2.24, 2.45) is 7.05 Å². The first-order valence-electron chi connectivity index (χ1n) is 11.8. The van der Waals surface area contributed by atoms with E-state index < -0.39 is 0 Å². The third-order valence-corrected chi connectivity index (χ3v) is 6.20. The highest BCUT2D eigenvalue weighted by atomic mass is 16.2. The summed E-state index contributed by atoms with van der Waals surface area (Å²) >= 11 is 0. The van der Waals surface area contributed by atoms with Gasteiger partial charge in [0.2, 0.25) is 0 Å². The van der Waals surface area contributed by atoms with E-state index in [1.54, 1.807) is 17.8 Å². The molecule has 0 bridgehead atoms. The maximum atomic E-state index is 12.8. The predicted octanol–water partition coefficient (Wildman–Crippen LogP) is 5.18. The van der Waals surface area contributed by atoms with Crippen LogP contribution < -0.4 is 10.2 Å². The predicted molar refractivity (Wildman–Crippen MR) is 135 cm³/mol. The van der Waals surface area contributed by atoms with Crippen molar-refractivity contribution < 1.29 is 4.79 Å². The molecule has 0 aliphatic carbocycles. The molecule has 2 aromatic heterocycles. The standard InChI is InChI=1S/C27H28N6O/c1-32-25(19-24(31-32)20-9-5-4-6-10-20)27(34)28-22-13-11-21(12-14-22)23-15-16-26(30-29-23)33-17-7-2-3-8-18-33/h4-6,9-16,19H,2-3,7-8,17-18H2,1H3,(H,28,34). The molecule has 4 aromatic rings. The molecular weight excluding hydrogens is 424 g/mol. The summed E-state index contributed by atoms with van der Waals surface area (Å²) in [6, 6.07) is 23.4. The largest absolute Gasteiger partial charge is 0.355 e. The number of carbonyl (C=O) groups excluding carboxylic acids is 1. The number of nitrogens with zero attached hydrogens (tertiary/aromatic N) is 5. The summed E-state index contributed by atoms with van der Waals surface area (Å²) in [7, 11) is 1.78. The van der Waals surface area contributed by atoms with Crippen molar-refractivity contribution >= 4 is 17.4 Å². The molecule has 7 nitrogen and oxygen atoms in total. The molecule has 2 aromatic carbocycles. The Hall–Kier alpha value is -4.00. The average molecular weight is 453 g/mol. The average Bonchev–Trinajstić information content (AvgIpc) is 3.08. The molecule has 0 unspecified atom stereocenters. The normalized spacial score (nSPS) is 14.0. The van der Waals surface area contributed by atoms with Gasteiger partial charge in [0, 0.05) is 37.0 Å². The second kappa shape index (κ2) is 9.87. The van der Waals surface area contributed by atoms with Crippen LogP contribution in [0, 0.1) is 0 Å². The van der Waals surface area contributed by atoms with Gasteiger partial charge in [-0.25, -0.2) is 0 Å². The minimum Gasteiger partial charge on any atom is -0.355 e. The van der Waals surface area contributed by atoms with E-state index in [2.05, 4.69) is 31.6 Å². The summed E-state index contributed by atoms with van der Waals surface area (Å²) in [6.45, 7) is 2.10. The zero-order chi connectivity index (χ0) is 23.3. The zero-order valence-electron chi connectivity index (χ0n) is 19.3. The lowest BCUT2D eigenvalue weighted by Crippen LogP contribution is -2.25. The minimum atomic E-state index is -0.202. The summed E-state index contributed by atoms with van der Waals surface area (Å²) in [5, 5.41) is 16.3. The Balaban J connectivity index is 1.26. The van der Waals surface area contributed by atoms with Crippen LogP contribution in [0.15, 0.2) is 72.8 Å². The molecule has 1 saturated heterocycles. The van der Waals surface area contributed by atoms with Crippen LogP contribution in [0.5, 0.6) is 0 Å². The molecular formula is C27H28N6O. The molecule has 1 fully saturated rings. The first kappa shape index (κ1) is 21.8. The number of amides is 1. The topological polar surface area (TPSA) is 75.9 Å². The van der Waals surface area contributed by atoms with Crippen molar-refractivity contribution in [3.05, 3.63) is 78.5 Å². The molecule has 3 heterocycles. The van der Waals surface area contributed by atoms with Crippen LogP contribution in [0.1, 0.15) is 36.2 Å². The molecule has 5 rings (SSSR count). The van der Waals surface area contributed by atoms with Crippen molar-refractivity contribution in [2.45, 2.75) is 25.7 Å². The summed E-state index contributed by atoms with van der Waals surface area (Å²) in [6.07, 6.45) is 5.01. The molecule has 7 heteroatoms. The van der Waals surface area contributed by atoms with E-state index in [0.717, 1.165) is 41.4 Å². The van der Waals surface area contributed by atoms with Crippen LogP contribution in [0.4, 0.5) is 11.5 Å². The maximum absolute atomic E-state index is 12.8. The van der Waals surface area contributed by atoms with Gasteiger partial charge in [0.05, 0.1) is 11.4 Å². The van der Waals surface area contributed by atoms with Gasteiger partial charge in [-0.15, -0.1) is 10.2 Å². The number of carbonyl (C=O) groups is 1. The molecule has 1 aliphatic rings. The Kier molecular flexibility index (Phi) is 6.33. The number of nitrogens with one attached hydrogen (secondary N) is 1. The number of anilines is 2. The molecule has 172 valence electrons. The molecule has 0 atom stereocenters. The van der Waals surface area contributed by atoms with Gasteiger partial charge < -0.3 is 10.2 Å². The van der Waals surface area contributed by atoms with Crippen molar-refractivity contribution in [1.29, 1.82) is 0 Å². The second-order valence-electron chi connectivity index (χ2n) is 8.61. The van der Waals surface area contributed by atoms with E-state index in [0.29, 0.717) is 11.4 Å². The number of hydrogen-bond acceptors (Lipinski definition) is 5. The molecule has 1 aliphatic heterocycles. The van der Waals surface area contributed by atoms with Crippen LogP contribution in [-0.2, 0) is 7.05 Å². The Morgan fingerprint density at radius 3 is 2.18 bits per heavy atom. The fraction of sp³-hybridized carbons (Fsp3) is 0.259. The summed E-state index contributed by atoms with van der Waals surface area (Å²) in [5.74, 6) is 0.743. The number of rotatable bonds is 5. The van der Waals surface area contributed by atoms with Gasteiger partial charge in [0.25, 0.3) is 5.91 Å². The third kappa shape index (κ3) is 4.83. The quantitative estimate of drug-likeness (QED) is 0.452. The Labute approximate surface area is 199 Å². The fourth-order valence-corrected chi connectivity index (χ4v) is 4.30. The van der Waals surface area contributed by atoms with E-state index in [9.17, 15) is 4.79 Å². The highest BCUT2D eigenvalue weighted by molar-refractivity contribution is 6.03. The second-order valence-corrected chi connectivity index (χ2v) is 8.61. The first-order chi connectivity index (χ1) is 16.7. The Bertz CT molecular complexity index is 1240. The van der Waals surface area contributed by atoms with Gasteiger partial charge in [-0.3, -0.25) is 9.48 Å². The summed E-state index contributed by atoms with van der Waals surface area (Å²) < 4.78 is 1.60. The van der Waals surface area contributed by atoms with E-state index in [4.69, 9.17) is 0 Å². The lowest BCUT2D eigenvalue weighted by Gasteiger charge is -2.20. The van der Waals surface area contributed by atoms with Crippen LogP contribution in [0.25, 0.3) is 22.5 Å². The van der Waals surface area contributed by atoms with Gasteiger partial charge in [-0.1, -0.05) is 55.3 Å². The molecule has 1 N–H and O–H groups in total. The van der Waals surface area contributed by atoms with E-state index >= 15 is 0 Å². The maximum Gasteiger partial charge on any atom is 0.273 e. The number of hydrogen-bond donors (Lipinski definition) is 1. The van der Waals surface area contributed by atoms with Gasteiger partial charge in [0.15, 0.2) is 5.82 Å². The molecule has 0 spiro atoms. The van der Waals surface area contributed by atoms with Crippen molar-refractivity contribution in [2.75, 3.05) is 23.3 Å². The lowest BCUT2D eigenvalue weighted by atomic mass is 10.1.